The molecule has 0 bridgehead atoms. The van der Waals surface area contributed by atoms with Crippen LogP contribution in [-0.2, 0) is 4.79 Å². The summed E-state index contributed by atoms with van der Waals surface area (Å²) in [5.41, 5.74) is 3.05. The van der Waals surface area contributed by atoms with Gasteiger partial charge in [-0.3, -0.25) is 4.79 Å². The van der Waals surface area contributed by atoms with Crippen molar-refractivity contribution in [2.24, 2.45) is 0 Å². The molecule has 154 valence electrons. The number of amides is 1. The van der Waals surface area contributed by atoms with Crippen molar-refractivity contribution < 1.29 is 24.2 Å². The van der Waals surface area contributed by atoms with E-state index in [0.717, 1.165) is 6.42 Å². The minimum absolute atomic E-state index is 0.0562. The van der Waals surface area contributed by atoms with Gasteiger partial charge in [0.2, 0.25) is 0 Å². The number of likely N-dealkylation sites (tertiary alicyclic amines) is 1. The molecule has 1 N–H and O–H groups in total. The number of ether oxygens (including phenoxy) is 2. The minimum atomic E-state index is -1.07. The van der Waals surface area contributed by atoms with Crippen molar-refractivity contribution in [1.82, 2.24) is 4.90 Å². The molecule has 2 atom stereocenters. The van der Waals surface area contributed by atoms with E-state index >= 15 is 0 Å². The van der Waals surface area contributed by atoms with Crippen LogP contribution in [0.1, 0.15) is 47.7 Å². The van der Waals surface area contributed by atoms with Crippen LogP contribution in [0, 0.1) is 6.92 Å². The molecule has 0 aromatic heterocycles. The molecule has 0 saturated carbocycles. The normalized spacial score (nSPS) is 18.5. The third kappa shape index (κ3) is 4.70. The fraction of sp³-hybridized carbons (Fsp3) is 0.391. The van der Waals surface area contributed by atoms with Gasteiger partial charge in [-0.1, -0.05) is 24.3 Å². The molecule has 1 aliphatic heterocycles. The summed E-state index contributed by atoms with van der Waals surface area (Å²) in [4.78, 5) is 25.9. The zero-order valence-electron chi connectivity index (χ0n) is 17.1. The van der Waals surface area contributed by atoms with Crippen molar-refractivity contribution in [3.63, 3.8) is 0 Å². The van der Waals surface area contributed by atoms with Crippen molar-refractivity contribution in [2.75, 3.05) is 19.8 Å². The number of carboxylic acids is 1. The molecule has 1 aliphatic rings. The highest BCUT2D eigenvalue weighted by Crippen LogP contribution is 2.35. The van der Waals surface area contributed by atoms with Gasteiger partial charge in [-0.05, 0) is 56.5 Å². The number of benzene rings is 2. The maximum absolute atomic E-state index is 13.2. The SMILES string of the molecule is CCOc1cc(C(=O)N2CC(c3ccccc3C)CC2C)ccc1OCC(=O)O. The molecule has 29 heavy (non-hydrogen) atoms. The van der Waals surface area contributed by atoms with Crippen molar-refractivity contribution in [3.05, 3.63) is 59.2 Å². The smallest absolute Gasteiger partial charge is 0.341 e. The van der Waals surface area contributed by atoms with Crippen LogP contribution < -0.4 is 9.47 Å². The van der Waals surface area contributed by atoms with Gasteiger partial charge in [0.05, 0.1) is 6.61 Å². The third-order valence-electron chi connectivity index (χ3n) is 5.31. The maximum atomic E-state index is 13.2. The van der Waals surface area contributed by atoms with E-state index in [1.807, 2.05) is 24.0 Å². The van der Waals surface area contributed by atoms with E-state index in [4.69, 9.17) is 14.6 Å². The summed E-state index contributed by atoms with van der Waals surface area (Å²) in [6.45, 7) is 6.60. The average Bonchev–Trinajstić information content (AvgIpc) is 3.08. The van der Waals surface area contributed by atoms with Gasteiger partial charge < -0.3 is 19.5 Å². The Morgan fingerprint density at radius 2 is 1.90 bits per heavy atom. The summed E-state index contributed by atoms with van der Waals surface area (Å²) in [5, 5.41) is 8.82. The van der Waals surface area contributed by atoms with E-state index in [-0.39, 0.29) is 11.9 Å². The number of carboxylic acid groups (broad SMARTS) is 1. The fourth-order valence-corrected chi connectivity index (χ4v) is 3.92. The van der Waals surface area contributed by atoms with Gasteiger partial charge in [-0.25, -0.2) is 4.79 Å². The molecule has 6 heteroatoms. The molecule has 0 radical (unpaired) electrons. The maximum Gasteiger partial charge on any atom is 0.341 e. The summed E-state index contributed by atoms with van der Waals surface area (Å²) >= 11 is 0. The van der Waals surface area contributed by atoms with E-state index < -0.39 is 12.6 Å². The van der Waals surface area contributed by atoms with Crippen molar-refractivity contribution >= 4 is 11.9 Å². The largest absolute Gasteiger partial charge is 0.490 e. The van der Waals surface area contributed by atoms with Crippen LogP contribution in [0.5, 0.6) is 11.5 Å². The molecule has 1 heterocycles. The van der Waals surface area contributed by atoms with Crippen LogP contribution in [0.4, 0.5) is 0 Å². The van der Waals surface area contributed by atoms with Crippen molar-refractivity contribution in [1.29, 1.82) is 0 Å². The van der Waals surface area contributed by atoms with Crippen molar-refractivity contribution in [3.8, 4) is 11.5 Å². The summed E-state index contributed by atoms with van der Waals surface area (Å²) in [5.74, 6) is -0.111. The van der Waals surface area contributed by atoms with E-state index in [2.05, 4.69) is 26.0 Å². The van der Waals surface area contributed by atoms with E-state index in [1.165, 1.54) is 11.1 Å². The van der Waals surface area contributed by atoms with Crippen LogP contribution in [0.15, 0.2) is 42.5 Å². The quantitative estimate of drug-likeness (QED) is 0.767. The van der Waals surface area contributed by atoms with Crippen LogP contribution in [0.3, 0.4) is 0 Å². The van der Waals surface area contributed by atoms with Gasteiger partial charge in [0, 0.05) is 24.1 Å². The molecular formula is C23H27NO5. The molecule has 1 amide bonds. The van der Waals surface area contributed by atoms with Crippen molar-refractivity contribution in [2.45, 2.75) is 39.2 Å². The lowest BCUT2D eigenvalue weighted by Gasteiger charge is -2.22. The van der Waals surface area contributed by atoms with Gasteiger partial charge in [-0.15, -0.1) is 0 Å². The molecule has 3 rings (SSSR count). The molecule has 0 aliphatic carbocycles. The Morgan fingerprint density at radius 1 is 1.14 bits per heavy atom. The van der Waals surface area contributed by atoms with E-state index in [9.17, 15) is 9.59 Å². The number of hydrogen-bond donors (Lipinski definition) is 1. The van der Waals surface area contributed by atoms with Crippen LogP contribution in [0.25, 0.3) is 0 Å². The Hall–Kier alpha value is -3.02. The van der Waals surface area contributed by atoms with Gasteiger partial charge in [0.25, 0.3) is 5.91 Å². The topological polar surface area (TPSA) is 76.1 Å². The first-order chi connectivity index (χ1) is 13.9. The first-order valence-corrected chi connectivity index (χ1v) is 9.88. The van der Waals surface area contributed by atoms with Gasteiger partial charge in [0.15, 0.2) is 18.1 Å². The van der Waals surface area contributed by atoms with E-state index in [0.29, 0.717) is 36.1 Å². The highest BCUT2D eigenvalue weighted by atomic mass is 16.5. The van der Waals surface area contributed by atoms with Crippen LogP contribution in [-0.4, -0.2) is 47.7 Å². The lowest BCUT2D eigenvalue weighted by Crippen LogP contribution is -2.34. The van der Waals surface area contributed by atoms with E-state index in [1.54, 1.807) is 18.2 Å². The molecular weight excluding hydrogens is 370 g/mol. The number of carbonyl (C=O) groups excluding carboxylic acids is 1. The summed E-state index contributed by atoms with van der Waals surface area (Å²) in [7, 11) is 0. The molecule has 1 fully saturated rings. The Morgan fingerprint density at radius 3 is 2.59 bits per heavy atom. The second-order valence-corrected chi connectivity index (χ2v) is 7.37. The first-order valence-electron chi connectivity index (χ1n) is 9.88. The number of rotatable bonds is 7. The third-order valence-corrected chi connectivity index (χ3v) is 5.31. The summed E-state index contributed by atoms with van der Waals surface area (Å²) in [6, 6.07) is 13.3. The lowest BCUT2D eigenvalue weighted by molar-refractivity contribution is -0.139. The predicted octanol–water partition coefficient (Wildman–Crippen LogP) is 3.88. The fourth-order valence-electron chi connectivity index (χ4n) is 3.92. The Balaban J connectivity index is 1.79. The van der Waals surface area contributed by atoms with Gasteiger partial charge >= 0.3 is 5.97 Å². The molecule has 1 saturated heterocycles. The minimum Gasteiger partial charge on any atom is -0.490 e. The zero-order valence-corrected chi connectivity index (χ0v) is 17.1. The number of carbonyl (C=O) groups is 2. The number of hydrogen-bond acceptors (Lipinski definition) is 4. The Bertz CT molecular complexity index is 895. The Labute approximate surface area is 171 Å². The van der Waals surface area contributed by atoms with Crippen LogP contribution >= 0.6 is 0 Å². The molecule has 2 aromatic rings. The summed E-state index contributed by atoms with van der Waals surface area (Å²) < 4.78 is 10.8. The highest BCUT2D eigenvalue weighted by Gasteiger charge is 2.34. The Kier molecular flexibility index (Phi) is 6.42. The standard InChI is InChI=1S/C23H27NO5/c1-4-28-21-12-17(9-10-20(21)29-14-22(25)26)23(27)24-13-18(11-16(24)3)19-8-6-5-7-15(19)2/h5-10,12,16,18H,4,11,13-14H2,1-3H3,(H,25,26). The van der Waals surface area contributed by atoms with Crippen LogP contribution in [0.2, 0.25) is 0 Å². The molecule has 6 nitrogen and oxygen atoms in total. The molecule has 2 aromatic carbocycles. The van der Waals surface area contributed by atoms with Gasteiger partial charge in [0.1, 0.15) is 0 Å². The average molecular weight is 397 g/mol. The first kappa shape index (κ1) is 20.7. The number of nitrogens with zero attached hydrogens (tertiary/aromatic N) is 1. The number of aliphatic carboxylic acids is 1. The highest BCUT2D eigenvalue weighted by molar-refractivity contribution is 5.95. The molecule has 0 spiro atoms. The zero-order chi connectivity index (χ0) is 21.0. The molecule has 2 unspecified atom stereocenters. The second kappa shape index (κ2) is 8.99. The predicted molar refractivity (Wildman–Crippen MR) is 110 cm³/mol. The number of aryl methyl sites for hydroxylation is 1. The summed E-state index contributed by atoms with van der Waals surface area (Å²) in [6.07, 6.45) is 0.925. The van der Waals surface area contributed by atoms with Gasteiger partial charge in [-0.2, -0.15) is 0 Å². The second-order valence-electron chi connectivity index (χ2n) is 7.37. The monoisotopic (exact) mass is 397 g/mol. The lowest BCUT2D eigenvalue weighted by atomic mass is 9.93.